The van der Waals surface area contributed by atoms with Crippen molar-refractivity contribution in [2.75, 3.05) is 0 Å². The average molecular weight is 309 g/mol. The number of hydrogen-bond acceptors (Lipinski definition) is 1. The first-order valence-electron chi connectivity index (χ1n) is 8.25. The van der Waals surface area contributed by atoms with Crippen LogP contribution in [0.5, 0.6) is 0 Å². The molecule has 0 amide bonds. The Hall–Kier alpha value is -2.93. The van der Waals surface area contributed by atoms with Crippen LogP contribution in [0.25, 0.3) is 21.5 Å². The molecular weight excluding hydrogens is 290 g/mol. The third-order valence-corrected chi connectivity index (χ3v) is 4.72. The third kappa shape index (κ3) is 2.48. The molecule has 0 N–H and O–H groups in total. The maximum atomic E-state index is 4.81. The fourth-order valence-electron chi connectivity index (χ4n) is 3.20. The van der Waals surface area contributed by atoms with E-state index < -0.39 is 0 Å². The second kappa shape index (κ2) is 5.93. The molecular formula is C23H19N. The third-order valence-electron chi connectivity index (χ3n) is 4.72. The lowest BCUT2D eigenvalue weighted by Gasteiger charge is -2.08. The zero-order chi connectivity index (χ0) is 16.5. The van der Waals surface area contributed by atoms with Gasteiger partial charge in [-0.1, -0.05) is 60.7 Å². The Kier molecular flexibility index (Phi) is 3.62. The van der Waals surface area contributed by atoms with Crippen molar-refractivity contribution in [3.05, 3.63) is 89.5 Å². The highest BCUT2D eigenvalue weighted by molar-refractivity contribution is 6.13. The maximum Gasteiger partial charge on any atom is 0.0661 e. The van der Waals surface area contributed by atoms with Crippen molar-refractivity contribution >= 4 is 33.4 Å². The SMILES string of the molecule is Cc1cccc(N=Cc2c3ccccc3cc3ccccc23)c1C. The van der Waals surface area contributed by atoms with Crippen LogP contribution in [0.4, 0.5) is 5.69 Å². The number of rotatable bonds is 2. The number of benzene rings is 4. The van der Waals surface area contributed by atoms with Crippen LogP contribution in [0.2, 0.25) is 0 Å². The molecule has 0 unspecified atom stereocenters. The standard InChI is InChI=1S/C23H19N/c1-16-8-7-13-23(17(16)2)24-15-22-20-11-5-3-9-18(20)14-19-10-4-6-12-21(19)22/h3-15H,1-2H3. The van der Waals surface area contributed by atoms with Gasteiger partial charge in [-0.15, -0.1) is 0 Å². The summed E-state index contributed by atoms with van der Waals surface area (Å²) in [5.74, 6) is 0. The van der Waals surface area contributed by atoms with E-state index in [9.17, 15) is 0 Å². The first-order chi connectivity index (χ1) is 11.7. The molecule has 0 saturated heterocycles. The molecule has 1 heteroatoms. The van der Waals surface area contributed by atoms with Gasteiger partial charge < -0.3 is 0 Å². The van der Waals surface area contributed by atoms with Crippen LogP contribution in [0.15, 0.2) is 77.8 Å². The normalized spacial score (nSPS) is 11.6. The molecule has 0 aliphatic carbocycles. The monoisotopic (exact) mass is 309 g/mol. The van der Waals surface area contributed by atoms with Crippen LogP contribution in [0.1, 0.15) is 16.7 Å². The molecule has 4 aromatic rings. The molecule has 0 saturated carbocycles. The van der Waals surface area contributed by atoms with Gasteiger partial charge in [0.15, 0.2) is 0 Å². The van der Waals surface area contributed by atoms with Crippen LogP contribution in [-0.2, 0) is 0 Å². The molecule has 4 aromatic carbocycles. The van der Waals surface area contributed by atoms with Gasteiger partial charge in [-0.3, -0.25) is 4.99 Å². The van der Waals surface area contributed by atoms with E-state index in [2.05, 4.69) is 86.6 Å². The molecule has 1 nitrogen and oxygen atoms in total. The van der Waals surface area contributed by atoms with E-state index in [-0.39, 0.29) is 0 Å². The quantitative estimate of drug-likeness (QED) is 0.302. The molecule has 0 aliphatic heterocycles. The van der Waals surface area contributed by atoms with Gasteiger partial charge in [0, 0.05) is 11.8 Å². The molecule has 0 bridgehead atoms. The number of fused-ring (bicyclic) bond motifs is 2. The molecule has 116 valence electrons. The van der Waals surface area contributed by atoms with Gasteiger partial charge in [-0.2, -0.15) is 0 Å². The van der Waals surface area contributed by atoms with Crippen molar-refractivity contribution in [3.8, 4) is 0 Å². The predicted octanol–water partition coefficient (Wildman–Crippen LogP) is 6.36. The fraction of sp³-hybridized carbons (Fsp3) is 0.0870. The lowest BCUT2D eigenvalue weighted by atomic mass is 9.97. The highest BCUT2D eigenvalue weighted by Gasteiger charge is 2.06. The minimum Gasteiger partial charge on any atom is -0.256 e. The second-order valence-electron chi connectivity index (χ2n) is 6.21. The van der Waals surface area contributed by atoms with Crippen molar-refractivity contribution in [1.29, 1.82) is 0 Å². The molecule has 0 spiro atoms. The minimum absolute atomic E-state index is 1.03. The summed E-state index contributed by atoms with van der Waals surface area (Å²) in [5.41, 5.74) is 4.72. The van der Waals surface area contributed by atoms with Crippen LogP contribution in [-0.4, -0.2) is 6.21 Å². The lowest BCUT2D eigenvalue weighted by Crippen LogP contribution is -1.89. The zero-order valence-electron chi connectivity index (χ0n) is 14.0. The summed E-state index contributed by atoms with van der Waals surface area (Å²) in [6, 6.07) is 25.5. The van der Waals surface area contributed by atoms with Crippen molar-refractivity contribution < 1.29 is 0 Å². The number of aryl methyl sites for hydroxylation is 1. The average Bonchev–Trinajstić information content (AvgIpc) is 2.62. The molecule has 0 aliphatic rings. The summed E-state index contributed by atoms with van der Waals surface area (Å²) < 4.78 is 0. The summed E-state index contributed by atoms with van der Waals surface area (Å²) in [7, 11) is 0. The zero-order valence-corrected chi connectivity index (χ0v) is 14.0. The van der Waals surface area contributed by atoms with Crippen molar-refractivity contribution in [2.45, 2.75) is 13.8 Å². The van der Waals surface area contributed by atoms with Crippen molar-refractivity contribution in [1.82, 2.24) is 0 Å². The van der Waals surface area contributed by atoms with Crippen LogP contribution in [0, 0.1) is 13.8 Å². The lowest BCUT2D eigenvalue weighted by molar-refractivity contribution is 1.31. The summed E-state index contributed by atoms with van der Waals surface area (Å²) in [6.45, 7) is 4.25. The fourth-order valence-corrected chi connectivity index (χ4v) is 3.20. The van der Waals surface area contributed by atoms with Crippen molar-refractivity contribution in [3.63, 3.8) is 0 Å². The van der Waals surface area contributed by atoms with Gasteiger partial charge in [0.05, 0.1) is 5.69 Å². The highest BCUT2D eigenvalue weighted by Crippen LogP contribution is 2.28. The van der Waals surface area contributed by atoms with Crippen LogP contribution < -0.4 is 0 Å². The van der Waals surface area contributed by atoms with Gasteiger partial charge in [0.1, 0.15) is 0 Å². The largest absolute Gasteiger partial charge is 0.256 e. The first-order valence-corrected chi connectivity index (χ1v) is 8.25. The summed E-state index contributed by atoms with van der Waals surface area (Å²) >= 11 is 0. The topological polar surface area (TPSA) is 12.4 Å². The van der Waals surface area contributed by atoms with Gasteiger partial charge >= 0.3 is 0 Å². The maximum absolute atomic E-state index is 4.81. The smallest absolute Gasteiger partial charge is 0.0661 e. The molecule has 0 atom stereocenters. The molecule has 0 heterocycles. The van der Waals surface area contributed by atoms with E-state index in [0.717, 1.165) is 5.69 Å². The summed E-state index contributed by atoms with van der Waals surface area (Å²) in [5, 5.41) is 4.98. The van der Waals surface area contributed by atoms with E-state index in [1.807, 2.05) is 6.21 Å². The van der Waals surface area contributed by atoms with Crippen molar-refractivity contribution in [2.24, 2.45) is 4.99 Å². The Morgan fingerprint density at radius 1 is 0.708 bits per heavy atom. The van der Waals surface area contributed by atoms with E-state index in [1.54, 1.807) is 0 Å². The first kappa shape index (κ1) is 14.6. The van der Waals surface area contributed by atoms with E-state index in [0.29, 0.717) is 0 Å². The Balaban J connectivity index is 1.97. The van der Waals surface area contributed by atoms with Gasteiger partial charge in [-0.25, -0.2) is 0 Å². The Bertz CT molecular complexity index is 1020. The van der Waals surface area contributed by atoms with E-state index in [1.165, 1.54) is 38.2 Å². The van der Waals surface area contributed by atoms with Gasteiger partial charge in [0.2, 0.25) is 0 Å². The summed E-state index contributed by atoms with van der Waals surface area (Å²) in [6.07, 6.45) is 2.02. The number of hydrogen-bond donors (Lipinski definition) is 0. The molecule has 0 aromatic heterocycles. The molecule has 0 fully saturated rings. The Labute approximate surface area is 142 Å². The second-order valence-corrected chi connectivity index (χ2v) is 6.21. The Morgan fingerprint density at radius 3 is 2.00 bits per heavy atom. The number of aliphatic imine (C=N–C) groups is 1. The molecule has 24 heavy (non-hydrogen) atoms. The summed E-state index contributed by atoms with van der Waals surface area (Å²) in [4.78, 5) is 4.81. The minimum atomic E-state index is 1.03. The Morgan fingerprint density at radius 2 is 1.33 bits per heavy atom. The molecule has 4 rings (SSSR count). The predicted molar refractivity (Wildman–Crippen MR) is 105 cm³/mol. The number of nitrogens with zero attached hydrogens (tertiary/aromatic N) is 1. The van der Waals surface area contributed by atoms with Crippen LogP contribution >= 0.6 is 0 Å². The van der Waals surface area contributed by atoms with E-state index in [4.69, 9.17) is 4.99 Å². The van der Waals surface area contributed by atoms with Crippen LogP contribution in [0.3, 0.4) is 0 Å². The van der Waals surface area contributed by atoms with Gasteiger partial charge in [0.25, 0.3) is 0 Å². The van der Waals surface area contributed by atoms with Gasteiger partial charge in [-0.05, 0) is 58.7 Å². The van der Waals surface area contributed by atoms with E-state index >= 15 is 0 Å². The highest BCUT2D eigenvalue weighted by atomic mass is 14.7. The molecule has 0 radical (unpaired) electrons.